The lowest BCUT2D eigenvalue weighted by atomic mass is 9.98. The molecule has 1 aromatic carbocycles. The molecule has 2 heterocycles. The van der Waals surface area contributed by atoms with Crippen LogP contribution in [0.1, 0.15) is 45.4 Å². The summed E-state index contributed by atoms with van der Waals surface area (Å²) in [6.07, 6.45) is 1.44. The van der Waals surface area contributed by atoms with E-state index in [4.69, 9.17) is 14.0 Å². The molecule has 1 atom stereocenters. The van der Waals surface area contributed by atoms with Crippen LogP contribution in [-0.2, 0) is 4.74 Å². The molecule has 134 valence electrons. The van der Waals surface area contributed by atoms with Crippen molar-refractivity contribution in [3.8, 4) is 11.8 Å². The van der Waals surface area contributed by atoms with Crippen molar-refractivity contribution >= 4 is 6.09 Å². The van der Waals surface area contributed by atoms with Gasteiger partial charge in [0.2, 0.25) is 5.89 Å². The summed E-state index contributed by atoms with van der Waals surface area (Å²) in [7, 11) is 0. The molecule has 0 unspecified atom stereocenters. The van der Waals surface area contributed by atoms with Gasteiger partial charge in [-0.3, -0.25) is 0 Å². The zero-order valence-corrected chi connectivity index (χ0v) is 14.8. The number of aromatic nitrogens is 2. The molecule has 1 saturated heterocycles. The molecule has 0 aliphatic carbocycles. The van der Waals surface area contributed by atoms with E-state index in [0.29, 0.717) is 24.7 Å². The predicted molar refractivity (Wildman–Crippen MR) is 90.6 cm³/mol. The van der Waals surface area contributed by atoms with Crippen molar-refractivity contribution in [2.24, 2.45) is 0 Å². The van der Waals surface area contributed by atoms with Gasteiger partial charge in [0, 0.05) is 13.1 Å². The highest BCUT2D eigenvalue weighted by atomic mass is 16.6. The van der Waals surface area contributed by atoms with Gasteiger partial charge in [-0.15, -0.1) is 0 Å². The standard InChI is InChI=1S/C18H23N3O4/c1-18(2,3)24-17(22)21-11-7-8-13(12-21)15-19-16(20-25-15)23-14-9-5-4-6-10-14/h4-6,9-10,13H,7-8,11-12H2,1-3H3/t13-/m0/s1. The molecule has 0 saturated carbocycles. The number of rotatable bonds is 3. The molecular weight excluding hydrogens is 322 g/mol. The molecule has 1 fully saturated rings. The van der Waals surface area contributed by atoms with Crippen LogP contribution in [0.5, 0.6) is 11.8 Å². The minimum absolute atomic E-state index is 0.0121. The van der Waals surface area contributed by atoms with E-state index in [1.54, 1.807) is 4.90 Å². The van der Waals surface area contributed by atoms with Gasteiger partial charge in [0.15, 0.2) is 0 Å². The first kappa shape index (κ1) is 17.3. The van der Waals surface area contributed by atoms with Crippen molar-refractivity contribution in [2.45, 2.75) is 45.1 Å². The van der Waals surface area contributed by atoms with Crippen molar-refractivity contribution in [2.75, 3.05) is 13.1 Å². The molecule has 0 radical (unpaired) electrons. The van der Waals surface area contributed by atoms with Crippen LogP contribution in [0, 0.1) is 0 Å². The first-order valence-electron chi connectivity index (χ1n) is 8.45. The van der Waals surface area contributed by atoms with E-state index in [9.17, 15) is 4.79 Å². The molecule has 7 nitrogen and oxygen atoms in total. The molecule has 0 N–H and O–H groups in total. The lowest BCUT2D eigenvalue weighted by Crippen LogP contribution is -2.42. The van der Waals surface area contributed by atoms with Gasteiger partial charge >= 0.3 is 12.1 Å². The minimum atomic E-state index is -0.509. The smallest absolute Gasteiger partial charge is 0.410 e. The van der Waals surface area contributed by atoms with Gasteiger partial charge in [-0.25, -0.2) is 4.79 Å². The first-order chi connectivity index (χ1) is 11.9. The first-order valence-corrected chi connectivity index (χ1v) is 8.45. The minimum Gasteiger partial charge on any atom is -0.444 e. The van der Waals surface area contributed by atoms with E-state index in [0.717, 1.165) is 12.8 Å². The molecule has 1 aliphatic rings. The van der Waals surface area contributed by atoms with Crippen LogP contribution in [0.3, 0.4) is 0 Å². The molecular formula is C18H23N3O4. The lowest BCUT2D eigenvalue weighted by Gasteiger charge is -2.32. The monoisotopic (exact) mass is 345 g/mol. The summed E-state index contributed by atoms with van der Waals surface area (Å²) in [6.45, 7) is 6.75. The highest BCUT2D eigenvalue weighted by Gasteiger charge is 2.31. The average Bonchev–Trinajstić information content (AvgIpc) is 3.03. The Morgan fingerprint density at radius 2 is 2.04 bits per heavy atom. The van der Waals surface area contributed by atoms with E-state index >= 15 is 0 Å². The Kier molecular flexibility index (Phi) is 4.92. The second-order valence-corrected chi connectivity index (χ2v) is 7.10. The highest BCUT2D eigenvalue weighted by Crippen LogP contribution is 2.28. The van der Waals surface area contributed by atoms with Gasteiger partial charge in [0.1, 0.15) is 11.4 Å². The summed E-state index contributed by atoms with van der Waals surface area (Å²) in [5.74, 6) is 1.12. The molecule has 25 heavy (non-hydrogen) atoms. The summed E-state index contributed by atoms with van der Waals surface area (Å²) in [5.41, 5.74) is -0.509. The van der Waals surface area contributed by atoms with Gasteiger partial charge in [-0.1, -0.05) is 18.2 Å². The molecule has 2 aromatic rings. The third kappa shape index (κ3) is 4.71. The number of nitrogens with zero attached hydrogens (tertiary/aromatic N) is 3. The Bertz CT molecular complexity index is 709. The third-order valence-corrected chi connectivity index (χ3v) is 3.80. The number of benzene rings is 1. The van der Waals surface area contributed by atoms with Crippen LogP contribution >= 0.6 is 0 Å². The zero-order chi connectivity index (χ0) is 17.9. The Labute approximate surface area is 146 Å². The number of ether oxygens (including phenoxy) is 2. The Balaban J connectivity index is 1.63. The quantitative estimate of drug-likeness (QED) is 0.837. The Morgan fingerprint density at radius 3 is 2.76 bits per heavy atom. The van der Waals surface area contributed by atoms with Gasteiger partial charge in [0.25, 0.3) is 0 Å². The second kappa shape index (κ2) is 7.13. The van der Waals surface area contributed by atoms with Crippen LogP contribution in [0.15, 0.2) is 34.9 Å². The van der Waals surface area contributed by atoms with Crippen molar-refractivity contribution in [3.05, 3.63) is 36.2 Å². The molecule has 3 rings (SSSR count). The van der Waals surface area contributed by atoms with E-state index in [2.05, 4.69) is 10.1 Å². The maximum Gasteiger partial charge on any atom is 0.410 e. The Morgan fingerprint density at radius 1 is 1.28 bits per heavy atom. The average molecular weight is 345 g/mol. The van der Waals surface area contributed by atoms with E-state index in [1.807, 2.05) is 51.1 Å². The molecule has 0 spiro atoms. The second-order valence-electron chi connectivity index (χ2n) is 7.10. The number of para-hydroxylation sites is 1. The van der Waals surface area contributed by atoms with Crippen LogP contribution in [0.25, 0.3) is 0 Å². The lowest BCUT2D eigenvalue weighted by molar-refractivity contribution is 0.0189. The fourth-order valence-corrected chi connectivity index (χ4v) is 2.69. The van der Waals surface area contributed by atoms with Crippen molar-refractivity contribution < 1.29 is 18.8 Å². The molecule has 1 aliphatic heterocycles. The van der Waals surface area contributed by atoms with Gasteiger partial charge in [-0.05, 0) is 50.9 Å². The number of likely N-dealkylation sites (tertiary alicyclic amines) is 1. The Hall–Kier alpha value is -2.57. The summed E-state index contributed by atoms with van der Waals surface area (Å²) in [4.78, 5) is 18.3. The fraction of sp³-hybridized carbons (Fsp3) is 0.500. The summed E-state index contributed by atoms with van der Waals surface area (Å²) < 4.78 is 16.4. The normalized spacial score (nSPS) is 18.0. The number of carbonyl (C=O) groups is 1. The SMILES string of the molecule is CC(C)(C)OC(=O)N1CCC[C@H](c2nc(Oc3ccccc3)no2)C1. The molecule has 0 bridgehead atoms. The van der Waals surface area contributed by atoms with Crippen LogP contribution < -0.4 is 4.74 Å². The van der Waals surface area contributed by atoms with Crippen LogP contribution in [0.4, 0.5) is 4.79 Å². The van der Waals surface area contributed by atoms with Crippen LogP contribution in [-0.4, -0.2) is 39.8 Å². The topological polar surface area (TPSA) is 77.7 Å². The molecule has 1 amide bonds. The van der Waals surface area contributed by atoms with Crippen molar-refractivity contribution in [1.29, 1.82) is 0 Å². The largest absolute Gasteiger partial charge is 0.444 e. The van der Waals surface area contributed by atoms with Crippen molar-refractivity contribution in [1.82, 2.24) is 15.0 Å². The maximum atomic E-state index is 12.2. The maximum absolute atomic E-state index is 12.2. The summed E-state index contributed by atoms with van der Waals surface area (Å²) in [5, 5.41) is 3.87. The molecule has 7 heteroatoms. The van der Waals surface area contributed by atoms with E-state index in [-0.39, 0.29) is 18.0 Å². The number of piperidine rings is 1. The summed E-state index contributed by atoms with van der Waals surface area (Å²) >= 11 is 0. The predicted octanol–water partition coefficient (Wildman–Crippen LogP) is 3.98. The van der Waals surface area contributed by atoms with E-state index in [1.165, 1.54) is 0 Å². The number of hydrogen-bond donors (Lipinski definition) is 0. The van der Waals surface area contributed by atoms with Gasteiger partial charge in [0.05, 0.1) is 5.92 Å². The zero-order valence-electron chi connectivity index (χ0n) is 14.8. The number of hydrogen-bond acceptors (Lipinski definition) is 6. The van der Waals surface area contributed by atoms with Crippen molar-refractivity contribution in [3.63, 3.8) is 0 Å². The highest BCUT2D eigenvalue weighted by molar-refractivity contribution is 5.68. The third-order valence-electron chi connectivity index (χ3n) is 3.80. The van der Waals surface area contributed by atoms with Gasteiger partial charge in [-0.2, -0.15) is 4.98 Å². The number of carbonyl (C=O) groups excluding carboxylic acids is 1. The van der Waals surface area contributed by atoms with Crippen LogP contribution in [0.2, 0.25) is 0 Å². The summed E-state index contributed by atoms with van der Waals surface area (Å²) in [6, 6.07) is 9.46. The van der Waals surface area contributed by atoms with E-state index < -0.39 is 5.60 Å². The van der Waals surface area contributed by atoms with Gasteiger partial charge < -0.3 is 18.9 Å². The molecule has 1 aromatic heterocycles. The fourth-order valence-electron chi connectivity index (χ4n) is 2.69. The number of amides is 1.